The highest BCUT2D eigenvalue weighted by Crippen LogP contribution is 2.21. The van der Waals surface area contributed by atoms with Crippen LogP contribution in [0.1, 0.15) is 68.1 Å². The van der Waals surface area contributed by atoms with Crippen molar-refractivity contribution in [3.63, 3.8) is 0 Å². The van der Waals surface area contributed by atoms with E-state index in [4.69, 9.17) is 5.73 Å². The second-order valence-electron chi connectivity index (χ2n) is 8.58. The maximum absolute atomic E-state index is 11.6. The second-order valence-corrected chi connectivity index (χ2v) is 8.58. The molecule has 0 aliphatic heterocycles. The lowest BCUT2D eigenvalue weighted by molar-refractivity contribution is 0.0780. The lowest BCUT2D eigenvalue weighted by atomic mass is 10.0. The van der Waals surface area contributed by atoms with E-state index < -0.39 is 11.5 Å². The highest BCUT2D eigenvalue weighted by Gasteiger charge is 2.18. The fraction of sp³-hybridized carbons (Fsp3) is 0.360. The van der Waals surface area contributed by atoms with Gasteiger partial charge in [-0.15, -0.1) is 0 Å². The number of carbonyl (C=O) groups is 1. The monoisotopic (exact) mass is 449 g/mol. The van der Waals surface area contributed by atoms with E-state index in [0.717, 1.165) is 34.9 Å². The van der Waals surface area contributed by atoms with E-state index in [1.807, 2.05) is 24.3 Å². The Balaban J connectivity index is 0.000000186. The Morgan fingerprint density at radius 1 is 1.12 bits per heavy atom. The summed E-state index contributed by atoms with van der Waals surface area (Å²) in [6.07, 6.45) is 8.91. The number of aliphatic hydroxyl groups is 1. The number of H-pyrrole nitrogens is 1. The lowest BCUT2D eigenvalue weighted by Gasteiger charge is -2.17. The number of primary amides is 1. The largest absolute Gasteiger partial charge is 0.386 e. The first kappa shape index (κ1) is 24.1. The second kappa shape index (κ2) is 10.4. The predicted molar refractivity (Wildman–Crippen MR) is 129 cm³/mol. The van der Waals surface area contributed by atoms with Crippen molar-refractivity contribution in [2.45, 2.75) is 58.5 Å². The van der Waals surface area contributed by atoms with Gasteiger partial charge in [-0.1, -0.05) is 50.5 Å². The van der Waals surface area contributed by atoms with E-state index >= 15 is 0 Å². The topological polar surface area (TPSA) is 126 Å². The van der Waals surface area contributed by atoms with Crippen molar-refractivity contribution >= 4 is 22.2 Å². The van der Waals surface area contributed by atoms with Crippen molar-refractivity contribution < 1.29 is 9.90 Å². The van der Waals surface area contributed by atoms with Gasteiger partial charge in [-0.2, -0.15) is 10.2 Å². The fourth-order valence-corrected chi connectivity index (χ4v) is 3.62. The molecule has 1 aromatic carbocycles. The summed E-state index contributed by atoms with van der Waals surface area (Å²) in [4.78, 5) is 22.7. The van der Waals surface area contributed by atoms with Crippen LogP contribution in [0.25, 0.3) is 16.3 Å². The molecule has 1 amide bonds. The van der Waals surface area contributed by atoms with E-state index in [0.29, 0.717) is 11.1 Å². The molecule has 8 nitrogen and oxygen atoms in total. The number of nitrogens with two attached hydrogens (primary N) is 1. The summed E-state index contributed by atoms with van der Waals surface area (Å²) in [6.45, 7) is 5.58. The molecule has 8 heteroatoms. The average Bonchev–Trinajstić information content (AvgIpc) is 3.22. The number of nitrogens with zero attached hydrogens (tertiary/aromatic N) is 3. The number of hydrogen-bond acceptors (Lipinski definition) is 5. The van der Waals surface area contributed by atoms with Crippen molar-refractivity contribution in [2.75, 3.05) is 0 Å². The number of aryl methyl sites for hydroxylation is 1. The van der Waals surface area contributed by atoms with Gasteiger partial charge in [0.2, 0.25) is 0 Å². The third-order valence-corrected chi connectivity index (χ3v) is 5.53. The van der Waals surface area contributed by atoms with Gasteiger partial charge in [0.25, 0.3) is 11.5 Å². The van der Waals surface area contributed by atoms with Crippen LogP contribution in [0.15, 0.2) is 53.6 Å². The van der Waals surface area contributed by atoms with E-state index in [-0.39, 0.29) is 5.56 Å². The molecule has 0 spiro atoms. The molecule has 0 aliphatic carbocycles. The molecule has 0 bridgehead atoms. The van der Waals surface area contributed by atoms with Gasteiger partial charge in [0.1, 0.15) is 0 Å². The van der Waals surface area contributed by atoms with Crippen molar-refractivity contribution in [3.05, 3.63) is 76.0 Å². The molecule has 4 N–H and O–H groups in total. The van der Waals surface area contributed by atoms with E-state index in [2.05, 4.69) is 22.2 Å². The Morgan fingerprint density at radius 3 is 2.52 bits per heavy atom. The fourth-order valence-electron chi connectivity index (χ4n) is 3.62. The van der Waals surface area contributed by atoms with Gasteiger partial charge in [0.15, 0.2) is 0 Å². The summed E-state index contributed by atoms with van der Waals surface area (Å²) in [5.41, 5.74) is 6.92. The molecular weight excluding hydrogens is 418 g/mol. The molecule has 174 valence electrons. The molecule has 0 unspecified atom stereocenters. The quantitative estimate of drug-likeness (QED) is 0.371. The highest BCUT2D eigenvalue weighted by molar-refractivity contribution is 5.99. The number of carbonyl (C=O) groups excluding carboxylic acids is 1. The Hall–Kier alpha value is -3.52. The molecule has 4 aromatic rings. The van der Waals surface area contributed by atoms with Gasteiger partial charge in [-0.25, -0.2) is 9.61 Å². The maximum Gasteiger partial charge on any atom is 0.272 e. The normalized spacial score (nSPS) is 11.4. The van der Waals surface area contributed by atoms with Crippen LogP contribution in [-0.2, 0) is 12.0 Å². The molecule has 3 heterocycles. The molecule has 3 aromatic heterocycles. The zero-order valence-corrected chi connectivity index (χ0v) is 19.3. The molecule has 0 fully saturated rings. The number of amides is 1. The number of benzene rings is 1. The zero-order chi connectivity index (χ0) is 24.0. The third kappa shape index (κ3) is 5.84. The maximum atomic E-state index is 11.6. The van der Waals surface area contributed by atoms with E-state index in [9.17, 15) is 14.7 Å². The minimum atomic E-state index is -0.937. The minimum Gasteiger partial charge on any atom is -0.386 e. The van der Waals surface area contributed by atoms with Crippen LogP contribution in [0.2, 0.25) is 0 Å². The number of aromatic amines is 1. The van der Waals surface area contributed by atoms with Crippen LogP contribution in [0, 0.1) is 0 Å². The molecule has 0 saturated carbocycles. The van der Waals surface area contributed by atoms with Crippen LogP contribution < -0.4 is 11.3 Å². The van der Waals surface area contributed by atoms with Crippen molar-refractivity contribution in [3.8, 4) is 0 Å². The Kier molecular flexibility index (Phi) is 7.60. The number of fused-ring (bicyclic) bond motifs is 2. The molecule has 4 rings (SSSR count). The Morgan fingerprint density at radius 2 is 1.85 bits per heavy atom. The number of unbranched alkanes of at least 4 members (excludes halogenated alkanes) is 3. The van der Waals surface area contributed by atoms with Crippen LogP contribution >= 0.6 is 0 Å². The van der Waals surface area contributed by atoms with Gasteiger partial charge < -0.3 is 10.8 Å². The number of rotatable bonds is 7. The first-order valence-electron chi connectivity index (χ1n) is 11.2. The summed E-state index contributed by atoms with van der Waals surface area (Å²) in [6, 6.07) is 11.2. The summed E-state index contributed by atoms with van der Waals surface area (Å²) in [7, 11) is 0. The summed E-state index contributed by atoms with van der Waals surface area (Å²) in [5.74, 6) is -0.508. The molecule has 0 radical (unpaired) electrons. The van der Waals surface area contributed by atoms with Gasteiger partial charge >= 0.3 is 0 Å². The van der Waals surface area contributed by atoms with Crippen LogP contribution in [0.5, 0.6) is 0 Å². The van der Waals surface area contributed by atoms with Gasteiger partial charge in [0.05, 0.1) is 34.0 Å². The summed E-state index contributed by atoms with van der Waals surface area (Å²) < 4.78 is 1.54. The van der Waals surface area contributed by atoms with Crippen molar-refractivity contribution in [2.24, 2.45) is 5.73 Å². The number of hydrogen-bond donors (Lipinski definition) is 3. The molecule has 33 heavy (non-hydrogen) atoms. The van der Waals surface area contributed by atoms with E-state index in [1.165, 1.54) is 30.0 Å². The number of aromatic nitrogens is 4. The minimum absolute atomic E-state index is 0.0992. The zero-order valence-electron chi connectivity index (χ0n) is 19.3. The van der Waals surface area contributed by atoms with Gasteiger partial charge in [-0.05, 0) is 38.8 Å². The van der Waals surface area contributed by atoms with E-state index in [1.54, 1.807) is 32.2 Å². The SMILES string of the molecule is CC(C)(O)c1ccc2c(C(N)=O)cnn2c1.CCCCCCc1n[nH]c(=O)c2ccccc12. The third-order valence-electron chi connectivity index (χ3n) is 5.53. The summed E-state index contributed by atoms with van der Waals surface area (Å²) in [5, 5.41) is 22.3. The van der Waals surface area contributed by atoms with Crippen molar-refractivity contribution in [1.29, 1.82) is 0 Å². The Bertz CT molecular complexity index is 1300. The van der Waals surface area contributed by atoms with Crippen LogP contribution in [0.3, 0.4) is 0 Å². The molecular formula is C25H31N5O3. The van der Waals surface area contributed by atoms with Crippen LogP contribution in [-0.4, -0.2) is 30.8 Å². The predicted octanol–water partition coefficient (Wildman–Crippen LogP) is 3.71. The smallest absolute Gasteiger partial charge is 0.272 e. The first-order valence-corrected chi connectivity index (χ1v) is 11.2. The molecule has 0 aliphatic rings. The highest BCUT2D eigenvalue weighted by atomic mass is 16.3. The lowest BCUT2D eigenvalue weighted by Crippen LogP contribution is -2.16. The Labute approximate surface area is 192 Å². The first-order chi connectivity index (χ1) is 15.7. The van der Waals surface area contributed by atoms with Gasteiger partial charge in [-0.3, -0.25) is 9.59 Å². The number of pyridine rings is 1. The van der Waals surface area contributed by atoms with Crippen molar-refractivity contribution in [1.82, 2.24) is 19.8 Å². The molecule has 0 saturated heterocycles. The van der Waals surface area contributed by atoms with Crippen LogP contribution in [0.4, 0.5) is 0 Å². The molecule has 0 atom stereocenters. The average molecular weight is 450 g/mol. The summed E-state index contributed by atoms with van der Waals surface area (Å²) >= 11 is 0. The standard InChI is InChI=1S/C14H18N2O.C11H13N3O2/c1-2-3-4-5-10-13-11-8-6-7-9-12(11)14(17)16-15-13;1-11(2,16)7-3-4-9-8(10(12)15)5-13-14(9)6-7/h6-9H,2-5,10H2,1H3,(H,16,17);3-6,16H,1-2H3,(H2,12,15). The van der Waals surface area contributed by atoms with Gasteiger partial charge in [0, 0.05) is 17.1 Å². The number of nitrogens with one attached hydrogen (secondary N) is 1.